The van der Waals surface area contributed by atoms with Gasteiger partial charge in [0, 0.05) is 12.6 Å². The van der Waals surface area contributed by atoms with Gasteiger partial charge in [-0.3, -0.25) is 0 Å². The molecule has 0 radical (unpaired) electrons. The van der Waals surface area contributed by atoms with Crippen molar-refractivity contribution in [2.75, 3.05) is 27.2 Å². The molecule has 0 bridgehead atoms. The first-order valence-electron chi connectivity index (χ1n) is 4.55. The Morgan fingerprint density at radius 2 is 2.08 bits per heavy atom. The van der Waals surface area contributed by atoms with Crippen molar-refractivity contribution in [2.45, 2.75) is 26.3 Å². The zero-order valence-electron chi connectivity index (χ0n) is 8.85. The molecule has 2 heteroatoms. The highest BCUT2D eigenvalue weighted by molar-refractivity contribution is 4.88. The summed E-state index contributed by atoms with van der Waals surface area (Å²) in [7, 11) is 4.20. The van der Waals surface area contributed by atoms with Crippen LogP contribution < -0.4 is 5.32 Å². The molecular weight excluding hydrogens is 148 g/mol. The Kier molecular flexibility index (Phi) is 6.03. The van der Waals surface area contributed by atoms with E-state index in [1.807, 2.05) is 0 Å². The Morgan fingerprint density at radius 1 is 1.50 bits per heavy atom. The lowest BCUT2D eigenvalue weighted by atomic mass is 10.2. The molecule has 2 nitrogen and oxygen atoms in total. The summed E-state index contributed by atoms with van der Waals surface area (Å²) in [4.78, 5) is 2.22. The fourth-order valence-electron chi connectivity index (χ4n) is 0.795. The third kappa shape index (κ3) is 6.38. The minimum Gasteiger partial charge on any atom is -0.315 e. The second kappa shape index (κ2) is 6.21. The Hall–Kier alpha value is -0.340. The zero-order chi connectivity index (χ0) is 9.56. The third-order valence-corrected chi connectivity index (χ3v) is 2.05. The van der Waals surface area contributed by atoms with Gasteiger partial charge in [0.1, 0.15) is 0 Å². The first kappa shape index (κ1) is 11.7. The highest BCUT2D eigenvalue weighted by Crippen LogP contribution is 1.93. The van der Waals surface area contributed by atoms with Crippen LogP contribution in [0.3, 0.4) is 0 Å². The van der Waals surface area contributed by atoms with Crippen LogP contribution >= 0.6 is 0 Å². The minimum atomic E-state index is 0.607. The Balaban J connectivity index is 3.25. The number of likely N-dealkylation sites (N-methyl/N-ethyl adjacent to an activating group) is 1. The van der Waals surface area contributed by atoms with E-state index in [9.17, 15) is 0 Å². The molecule has 1 unspecified atom stereocenters. The Labute approximate surface area is 76.6 Å². The molecule has 1 atom stereocenters. The lowest BCUT2D eigenvalue weighted by Crippen LogP contribution is -2.35. The van der Waals surface area contributed by atoms with E-state index in [1.165, 1.54) is 5.57 Å². The van der Waals surface area contributed by atoms with Crippen molar-refractivity contribution in [2.24, 2.45) is 0 Å². The van der Waals surface area contributed by atoms with E-state index in [0.29, 0.717) is 6.04 Å². The summed E-state index contributed by atoms with van der Waals surface area (Å²) in [5, 5.41) is 3.40. The highest BCUT2D eigenvalue weighted by atomic mass is 15.1. The summed E-state index contributed by atoms with van der Waals surface area (Å²) in [5.41, 5.74) is 1.25. The van der Waals surface area contributed by atoms with Crippen molar-refractivity contribution in [3.63, 3.8) is 0 Å². The van der Waals surface area contributed by atoms with Gasteiger partial charge in [-0.1, -0.05) is 5.57 Å². The van der Waals surface area contributed by atoms with Crippen LogP contribution in [-0.2, 0) is 0 Å². The van der Waals surface area contributed by atoms with Crippen LogP contribution in [0.2, 0.25) is 0 Å². The summed E-state index contributed by atoms with van der Waals surface area (Å²) < 4.78 is 0. The van der Waals surface area contributed by atoms with Crippen LogP contribution in [0.15, 0.2) is 12.2 Å². The van der Waals surface area contributed by atoms with Crippen molar-refractivity contribution in [1.29, 1.82) is 0 Å². The summed E-state index contributed by atoms with van der Waals surface area (Å²) in [6.07, 6.45) is 1.08. The first-order chi connectivity index (χ1) is 5.54. The molecule has 0 aromatic carbocycles. The average molecular weight is 170 g/mol. The van der Waals surface area contributed by atoms with E-state index in [-0.39, 0.29) is 0 Å². The number of nitrogens with one attached hydrogen (secondary N) is 1. The summed E-state index contributed by atoms with van der Waals surface area (Å²) >= 11 is 0. The number of hydrogen-bond acceptors (Lipinski definition) is 2. The molecule has 0 fully saturated rings. The fraction of sp³-hybridized carbons (Fsp3) is 0.800. The maximum Gasteiger partial charge on any atom is 0.0186 e. The lowest BCUT2D eigenvalue weighted by Gasteiger charge is -2.19. The molecular formula is C10H22N2. The molecule has 0 rings (SSSR count). The van der Waals surface area contributed by atoms with Crippen molar-refractivity contribution >= 4 is 0 Å². The number of rotatable bonds is 6. The number of nitrogens with zero attached hydrogens (tertiary/aromatic N) is 1. The molecule has 1 N–H and O–H groups in total. The zero-order valence-corrected chi connectivity index (χ0v) is 8.85. The molecule has 0 aromatic rings. The number of hydrogen-bond donors (Lipinski definition) is 1. The van der Waals surface area contributed by atoms with Crippen molar-refractivity contribution in [3.8, 4) is 0 Å². The van der Waals surface area contributed by atoms with Crippen LogP contribution in [0.4, 0.5) is 0 Å². The van der Waals surface area contributed by atoms with Gasteiger partial charge in [0.05, 0.1) is 0 Å². The summed E-state index contributed by atoms with van der Waals surface area (Å²) in [5.74, 6) is 0. The van der Waals surface area contributed by atoms with E-state index < -0.39 is 0 Å². The quantitative estimate of drug-likeness (QED) is 0.480. The predicted octanol–water partition coefficient (Wildman–Crippen LogP) is 1.49. The predicted molar refractivity (Wildman–Crippen MR) is 55.4 cm³/mol. The lowest BCUT2D eigenvalue weighted by molar-refractivity contribution is 0.303. The van der Waals surface area contributed by atoms with Gasteiger partial charge in [0.15, 0.2) is 0 Å². The normalized spacial score (nSPS) is 13.4. The maximum atomic E-state index is 3.86. The van der Waals surface area contributed by atoms with Crippen LogP contribution in [0.5, 0.6) is 0 Å². The van der Waals surface area contributed by atoms with E-state index in [2.05, 4.69) is 44.7 Å². The van der Waals surface area contributed by atoms with Crippen molar-refractivity contribution < 1.29 is 0 Å². The summed E-state index contributed by atoms with van der Waals surface area (Å²) in [6.45, 7) is 10.2. The Morgan fingerprint density at radius 3 is 2.50 bits per heavy atom. The molecule has 0 aliphatic rings. The molecule has 72 valence electrons. The maximum absolute atomic E-state index is 3.86. The highest BCUT2D eigenvalue weighted by Gasteiger charge is 2.01. The SMILES string of the molecule is C=C(C)CCNCC(C)N(C)C. The van der Waals surface area contributed by atoms with Gasteiger partial charge >= 0.3 is 0 Å². The largest absolute Gasteiger partial charge is 0.315 e. The van der Waals surface area contributed by atoms with Crippen molar-refractivity contribution in [3.05, 3.63) is 12.2 Å². The first-order valence-corrected chi connectivity index (χ1v) is 4.55. The molecule has 12 heavy (non-hydrogen) atoms. The van der Waals surface area contributed by atoms with E-state index in [4.69, 9.17) is 0 Å². The van der Waals surface area contributed by atoms with Crippen LogP contribution in [0.25, 0.3) is 0 Å². The van der Waals surface area contributed by atoms with E-state index in [1.54, 1.807) is 0 Å². The van der Waals surface area contributed by atoms with Gasteiger partial charge in [-0.25, -0.2) is 0 Å². The molecule has 0 aliphatic heterocycles. The average Bonchev–Trinajstić information content (AvgIpc) is 1.97. The molecule has 0 aliphatic carbocycles. The second-order valence-corrected chi connectivity index (χ2v) is 3.72. The molecule has 0 heterocycles. The van der Waals surface area contributed by atoms with Gasteiger partial charge in [-0.15, -0.1) is 6.58 Å². The molecule has 0 saturated heterocycles. The Bertz CT molecular complexity index is 130. The fourth-order valence-corrected chi connectivity index (χ4v) is 0.795. The third-order valence-electron chi connectivity index (χ3n) is 2.05. The van der Waals surface area contributed by atoms with Gasteiger partial charge in [0.2, 0.25) is 0 Å². The van der Waals surface area contributed by atoms with E-state index >= 15 is 0 Å². The molecule has 0 amide bonds. The van der Waals surface area contributed by atoms with Gasteiger partial charge < -0.3 is 10.2 Å². The minimum absolute atomic E-state index is 0.607. The van der Waals surface area contributed by atoms with Crippen LogP contribution in [0.1, 0.15) is 20.3 Å². The van der Waals surface area contributed by atoms with Crippen molar-refractivity contribution in [1.82, 2.24) is 10.2 Å². The topological polar surface area (TPSA) is 15.3 Å². The smallest absolute Gasteiger partial charge is 0.0186 e. The standard InChI is InChI=1S/C10H22N2/c1-9(2)6-7-11-8-10(3)12(4)5/h10-11H,1,6-8H2,2-5H3. The molecule has 0 spiro atoms. The molecule has 0 aromatic heterocycles. The van der Waals surface area contributed by atoms with Gasteiger partial charge in [-0.2, -0.15) is 0 Å². The summed E-state index contributed by atoms with van der Waals surface area (Å²) in [6, 6.07) is 0.607. The van der Waals surface area contributed by atoms with Crippen LogP contribution in [0, 0.1) is 0 Å². The van der Waals surface area contributed by atoms with E-state index in [0.717, 1.165) is 19.5 Å². The second-order valence-electron chi connectivity index (χ2n) is 3.72. The van der Waals surface area contributed by atoms with Gasteiger partial charge in [0.25, 0.3) is 0 Å². The molecule has 0 saturated carbocycles. The van der Waals surface area contributed by atoms with Crippen LogP contribution in [-0.4, -0.2) is 38.1 Å². The monoisotopic (exact) mass is 170 g/mol. The van der Waals surface area contributed by atoms with Gasteiger partial charge in [-0.05, 0) is 40.9 Å².